The van der Waals surface area contributed by atoms with Crippen molar-refractivity contribution in [2.75, 3.05) is 0 Å². The highest BCUT2D eigenvalue weighted by Gasteiger charge is 2.03. The van der Waals surface area contributed by atoms with Crippen molar-refractivity contribution in [3.8, 4) is 0 Å². The Morgan fingerprint density at radius 2 is 2.06 bits per heavy atom. The molecule has 0 atom stereocenters. The van der Waals surface area contributed by atoms with E-state index in [1.807, 2.05) is 19.1 Å². The van der Waals surface area contributed by atoms with Gasteiger partial charge in [-0.2, -0.15) is 0 Å². The van der Waals surface area contributed by atoms with Crippen LogP contribution in [0.3, 0.4) is 0 Å². The highest BCUT2D eigenvalue weighted by molar-refractivity contribution is 6.42. The molecular formula is C13H14Cl2N2O. The molecule has 2 aromatic rings. The summed E-state index contributed by atoms with van der Waals surface area (Å²) in [6.45, 7) is 3.33. The minimum atomic E-state index is 0.570. The van der Waals surface area contributed by atoms with E-state index in [-0.39, 0.29) is 0 Å². The molecule has 0 radical (unpaired) electrons. The minimum Gasteiger partial charge on any atom is -0.444 e. The van der Waals surface area contributed by atoms with Crippen molar-refractivity contribution in [3.63, 3.8) is 0 Å². The average Bonchev–Trinajstić information content (AvgIpc) is 2.82. The summed E-state index contributed by atoms with van der Waals surface area (Å²) >= 11 is 11.8. The second-order valence-electron chi connectivity index (χ2n) is 3.93. The first-order chi connectivity index (χ1) is 8.69. The molecule has 0 fully saturated rings. The van der Waals surface area contributed by atoms with Crippen molar-refractivity contribution >= 4 is 23.2 Å². The van der Waals surface area contributed by atoms with Gasteiger partial charge in [0.05, 0.1) is 22.8 Å². The summed E-state index contributed by atoms with van der Waals surface area (Å²) in [5.41, 5.74) is 1.08. The summed E-state index contributed by atoms with van der Waals surface area (Å²) in [7, 11) is 0. The third kappa shape index (κ3) is 3.48. The molecule has 0 aliphatic carbocycles. The van der Waals surface area contributed by atoms with E-state index < -0.39 is 0 Å². The lowest BCUT2D eigenvalue weighted by atomic mass is 10.2. The molecule has 2 rings (SSSR count). The van der Waals surface area contributed by atoms with Crippen molar-refractivity contribution in [1.82, 2.24) is 10.3 Å². The normalized spacial score (nSPS) is 10.8. The maximum atomic E-state index is 5.94. The van der Waals surface area contributed by atoms with Crippen molar-refractivity contribution in [2.24, 2.45) is 0 Å². The van der Waals surface area contributed by atoms with Crippen LogP contribution in [-0.4, -0.2) is 4.98 Å². The predicted molar refractivity (Wildman–Crippen MR) is 72.9 cm³/mol. The van der Waals surface area contributed by atoms with Gasteiger partial charge in [0.15, 0.2) is 0 Å². The first kappa shape index (κ1) is 13.4. The van der Waals surface area contributed by atoms with Crippen LogP contribution in [0.25, 0.3) is 0 Å². The number of hydrogen-bond acceptors (Lipinski definition) is 3. The van der Waals surface area contributed by atoms with Gasteiger partial charge in [-0.3, -0.25) is 0 Å². The smallest absolute Gasteiger partial charge is 0.208 e. The van der Waals surface area contributed by atoms with Crippen LogP contribution in [0.4, 0.5) is 0 Å². The molecule has 18 heavy (non-hydrogen) atoms. The van der Waals surface area contributed by atoms with E-state index >= 15 is 0 Å². The molecule has 0 aliphatic heterocycles. The Kier molecular flexibility index (Phi) is 4.64. The SMILES string of the molecule is CCc1cnc(CNCc2ccc(Cl)c(Cl)c2)o1. The summed E-state index contributed by atoms with van der Waals surface area (Å²) < 4.78 is 5.49. The third-order valence-corrected chi connectivity index (χ3v) is 3.28. The van der Waals surface area contributed by atoms with Crippen molar-refractivity contribution in [3.05, 3.63) is 51.7 Å². The summed E-state index contributed by atoms with van der Waals surface area (Å²) in [4.78, 5) is 4.17. The molecule has 0 aliphatic rings. The third-order valence-electron chi connectivity index (χ3n) is 2.54. The van der Waals surface area contributed by atoms with E-state index in [0.29, 0.717) is 29.0 Å². The highest BCUT2D eigenvalue weighted by Crippen LogP contribution is 2.22. The number of nitrogens with zero attached hydrogens (tertiary/aromatic N) is 1. The molecule has 5 heteroatoms. The fraction of sp³-hybridized carbons (Fsp3) is 0.308. The minimum absolute atomic E-state index is 0.570. The quantitative estimate of drug-likeness (QED) is 0.907. The van der Waals surface area contributed by atoms with Crippen LogP contribution in [-0.2, 0) is 19.5 Å². The zero-order chi connectivity index (χ0) is 13.0. The zero-order valence-corrected chi connectivity index (χ0v) is 11.6. The molecule has 3 nitrogen and oxygen atoms in total. The van der Waals surface area contributed by atoms with Crippen LogP contribution in [0.1, 0.15) is 24.1 Å². The van der Waals surface area contributed by atoms with Gasteiger partial charge in [-0.05, 0) is 17.7 Å². The first-order valence-electron chi connectivity index (χ1n) is 5.77. The number of oxazole rings is 1. The lowest BCUT2D eigenvalue weighted by Crippen LogP contribution is -2.12. The number of rotatable bonds is 5. The van der Waals surface area contributed by atoms with Gasteiger partial charge < -0.3 is 9.73 Å². The summed E-state index contributed by atoms with van der Waals surface area (Å²) in [6, 6.07) is 5.58. The molecular weight excluding hydrogens is 271 g/mol. The molecule has 0 saturated heterocycles. The van der Waals surface area contributed by atoms with E-state index in [9.17, 15) is 0 Å². The molecule has 1 N–H and O–H groups in total. The van der Waals surface area contributed by atoms with Crippen molar-refractivity contribution < 1.29 is 4.42 Å². The maximum absolute atomic E-state index is 5.94. The average molecular weight is 285 g/mol. The topological polar surface area (TPSA) is 38.1 Å². The Hall–Kier alpha value is -1.03. The monoisotopic (exact) mass is 284 g/mol. The summed E-state index contributed by atoms with van der Waals surface area (Å²) in [5, 5.41) is 4.38. The van der Waals surface area contributed by atoms with E-state index in [4.69, 9.17) is 27.6 Å². The molecule has 0 amide bonds. The molecule has 96 valence electrons. The second kappa shape index (κ2) is 6.23. The van der Waals surface area contributed by atoms with Crippen molar-refractivity contribution in [2.45, 2.75) is 26.4 Å². The standard InChI is InChI=1S/C13H14Cl2N2O/c1-2-10-7-17-13(18-10)8-16-6-9-3-4-11(14)12(15)5-9/h3-5,7,16H,2,6,8H2,1H3. The lowest BCUT2D eigenvalue weighted by molar-refractivity contribution is 0.439. The van der Waals surface area contributed by atoms with Crippen LogP contribution in [0.15, 0.2) is 28.8 Å². The van der Waals surface area contributed by atoms with Gasteiger partial charge in [0, 0.05) is 13.0 Å². The number of halogens is 2. The Labute approximate surface area is 116 Å². The van der Waals surface area contributed by atoms with E-state index in [1.54, 1.807) is 12.3 Å². The predicted octanol–water partition coefficient (Wildman–Crippen LogP) is 3.83. The first-order valence-corrected chi connectivity index (χ1v) is 6.53. The van der Waals surface area contributed by atoms with E-state index in [1.165, 1.54) is 0 Å². The van der Waals surface area contributed by atoms with Crippen molar-refractivity contribution in [1.29, 1.82) is 0 Å². The van der Waals surface area contributed by atoms with E-state index in [2.05, 4.69) is 10.3 Å². The zero-order valence-electron chi connectivity index (χ0n) is 10.0. The molecule has 1 heterocycles. The maximum Gasteiger partial charge on any atom is 0.208 e. The van der Waals surface area contributed by atoms with Gasteiger partial charge in [-0.15, -0.1) is 0 Å². The Bertz CT molecular complexity index is 525. The molecule has 0 spiro atoms. The number of benzene rings is 1. The van der Waals surface area contributed by atoms with Gasteiger partial charge in [0.2, 0.25) is 5.89 Å². The van der Waals surface area contributed by atoms with E-state index in [0.717, 1.165) is 17.7 Å². The van der Waals surface area contributed by atoms with Gasteiger partial charge in [-0.25, -0.2) is 4.98 Å². The van der Waals surface area contributed by atoms with Crippen LogP contribution in [0.5, 0.6) is 0 Å². The van der Waals surface area contributed by atoms with Gasteiger partial charge >= 0.3 is 0 Å². The number of aryl methyl sites for hydroxylation is 1. The Morgan fingerprint density at radius 3 is 2.72 bits per heavy atom. The fourth-order valence-corrected chi connectivity index (χ4v) is 1.88. The molecule has 1 aromatic heterocycles. The fourth-order valence-electron chi connectivity index (χ4n) is 1.56. The van der Waals surface area contributed by atoms with Gasteiger partial charge in [-0.1, -0.05) is 36.2 Å². The van der Waals surface area contributed by atoms with Gasteiger partial charge in [0.1, 0.15) is 5.76 Å². The number of aromatic nitrogens is 1. The summed E-state index contributed by atoms with van der Waals surface area (Å²) in [5.74, 6) is 1.60. The second-order valence-corrected chi connectivity index (χ2v) is 4.74. The van der Waals surface area contributed by atoms with Crippen LogP contribution >= 0.6 is 23.2 Å². The highest BCUT2D eigenvalue weighted by atomic mass is 35.5. The molecule has 0 saturated carbocycles. The summed E-state index contributed by atoms with van der Waals surface area (Å²) in [6.07, 6.45) is 2.62. The molecule has 0 unspecified atom stereocenters. The molecule has 0 bridgehead atoms. The molecule has 1 aromatic carbocycles. The lowest BCUT2D eigenvalue weighted by Gasteiger charge is -2.04. The van der Waals surface area contributed by atoms with Crippen LogP contribution in [0.2, 0.25) is 10.0 Å². The largest absolute Gasteiger partial charge is 0.444 e. The number of nitrogens with one attached hydrogen (secondary N) is 1. The number of hydrogen-bond donors (Lipinski definition) is 1. The van der Waals surface area contributed by atoms with Crippen LogP contribution < -0.4 is 5.32 Å². The van der Waals surface area contributed by atoms with Crippen LogP contribution in [0, 0.1) is 0 Å². The Balaban J connectivity index is 1.86. The Morgan fingerprint density at radius 1 is 1.22 bits per heavy atom. The van der Waals surface area contributed by atoms with Gasteiger partial charge in [0.25, 0.3) is 0 Å².